The molecule has 37 heavy (non-hydrogen) atoms. The van der Waals surface area contributed by atoms with Crippen LogP contribution in [0.5, 0.6) is 17.2 Å². The van der Waals surface area contributed by atoms with Crippen LogP contribution in [-0.4, -0.2) is 40.8 Å². The molecule has 0 fully saturated rings. The molecule has 0 amide bonds. The zero-order valence-electron chi connectivity index (χ0n) is 20.7. The second-order valence-corrected chi connectivity index (χ2v) is 10.2. The summed E-state index contributed by atoms with van der Waals surface area (Å²) in [6.45, 7) is 2.82. The fourth-order valence-electron chi connectivity index (χ4n) is 3.67. The van der Waals surface area contributed by atoms with Gasteiger partial charge in [0.15, 0.2) is 11.5 Å². The first-order valence-corrected chi connectivity index (χ1v) is 13.4. The van der Waals surface area contributed by atoms with Gasteiger partial charge >= 0.3 is 0 Å². The predicted molar refractivity (Wildman–Crippen MR) is 142 cm³/mol. The minimum atomic E-state index is -3.99. The Balaban J connectivity index is 1.64. The first-order chi connectivity index (χ1) is 17.8. The summed E-state index contributed by atoms with van der Waals surface area (Å²) < 4.78 is 49.0. The smallest absolute Gasteiger partial charge is 0.233 e. The fourth-order valence-corrected chi connectivity index (χ4v) is 5.07. The average Bonchev–Trinajstić information content (AvgIpc) is 3.34. The number of rotatable bonds is 11. The molecule has 3 aromatic carbocycles. The predicted octanol–water partition coefficient (Wildman–Crippen LogP) is 5.90. The molecule has 0 saturated carbocycles. The average molecular weight is 543 g/mol. The number of hydrogen-bond donors (Lipinski definition) is 1. The molecular formula is C27H27ClN2O6S. The van der Waals surface area contributed by atoms with Gasteiger partial charge in [0.25, 0.3) is 0 Å². The maximum absolute atomic E-state index is 13.5. The van der Waals surface area contributed by atoms with Gasteiger partial charge in [-0.15, -0.1) is 0 Å². The largest absolute Gasteiger partial charge is 0.494 e. The Kier molecular flexibility index (Phi) is 8.25. The molecule has 194 valence electrons. The van der Waals surface area contributed by atoms with E-state index >= 15 is 0 Å². The van der Waals surface area contributed by atoms with Gasteiger partial charge in [-0.2, -0.15) is 4.98 Å². The van der Waals surface area contributed by atoms with Crippen LogP contribution in [0.3, 0.4) is 0 Å². The number of aromatic nitrogens is 1. The van der Waals surface area contributed by atoms with Crippen LogP contribution in [0.15, 0.2) is 81.1 Å². The van der Waals surface area contributed by atoms with Gasteiger partial charge in [-0.3, -0.25) is 0 Å². The lowest BCUT2D eigenvalue weighted by molar-refractivity contribution is 0.340. The van der Waals surface area contributed by atoms with E-state index in [1.165, 1.54) is 24.3 Å². The highest BCUT2D eigenvalue weighted by molar-refractivity contribution is 7.91. The van der Waals surface area contributed by atoms with Crippen LogP contribution in [0.1, 0.15) is 12.5 Å². The summed E-state index contributed by atoms with van der Waals surface area (Å²) in [5.74, 6) is 2.16. The van der Waals surface area contributed by atoms with E-state index in [-0.39, 0.29) is 21.7 Å². The molecular weight excluding hydrogens is 516 g/mol. The van der Waals surface area contributed by atoms with Gasteiger partial charge in [-0.1, -0.05) is 17.7 Å². The highest BCUT2D eigenvalue weighted by Gasteiger charge is 2.28. The third kappa shape index (κ3) is 6.00. The summed E-state index contributed by atoms with van der Waals surface area (Å²) in [6, 6.07) is 18.6. The van der Waals surface area contributed by atoms with Crippen molar-refractivity contribution in [1.82, 2.24) is 4.98 Å². The van der Waals surface area contributed by atoms with Crippen molar-refractivity contribution in [2.45, 2.75) is 23.3 Å². The van der Waals surface area contributed by atoms with E-state index in [4.69, 9.17) is 30.2 Å². The molecule has 0 spiro atoms. The topological polar surface area (TPSA) is 99.9 Å². The summed E-state index contributed by atoms with van der Waals surface area (Å²) in [4.78, 5) is 4.44. The lowest BCUT2D eigenvalue weighted by Gasteiger charge is -2.10. The third-order valence-electron chi connectivity index (χ3n) is 5.53. The van der Waals surface area contributed by atoms with Crippen molar-refractivity contribution in [3.8, 4) is 28.7 Å². The van der Waals surface area contributed by atoms with Crippen LogP contribution in [0.25, 0.3) is 11.5 Å². The summed E-state index contributed by atoms with van der Waals surface area (Å²) in [7, 11) is -0.841. The highest BCUT2D eigenvalue weighted by Crippen LogP contribution is 2.34. The Hall–Kier alpha value is -3.69. The lowest BCUT2D eigenvalue weighted by atomic mass is 10.1. The van der Waals surface area contributed by atoms with Crippen molar-refractivity contribution in [1.29, 1.82) is 0 Å². The van der Waals surface area contributed by atoms with Crippen LogP contribution in [-0.2, 0) is 16.3 Å². The second kappa shape index (κ2) is 11.6. The van der Waals surface area contributed by atoms with E-state index in [0.29, 0.717) is 47.4 Å². The number of halogens is 1. The van der Waals surface area contributed by atoms with E-state index in [0.717, 1.165) is 5.56 Å². The van der Waals surface area contributed by atoms with Gasteiger partial charge in [0.05, 0.1) is 25.7 Å². The van der Waals surface area contributed by atoms with Crippen molar-refractivity contribution >= 4 is 27.3 Å². The Morgan fingerprint density at radius 1 is 0.946 bits per heavy atom. The van der Waals surface area contributed by atoms with Gasteiger partial charge in [0.1, 0.15) is 5.75 Å². The molecule has 1 N–H and O–H groups in total. The monoisotopic (exact) mass is 542 g/mol. The van der Waals surface area contributed by atoms with E-state index in [1.54, 1.807) is 38.5 Å². The molecule has 10 heteroatoms. The standard InChI is InChI=1S/C27H27ClN2O6S/c1-4-35-21-10-6-19(7-11-21)25-30-27(37(31,32)22-12-8-20(28)9-13-22)26(36-25)29-16-15-18-5-14-23(33-2)24(17-18)34-3/h5-14,17,29H,4,15-16H2,1-3H3. The minimum absolute atomic E-state index is 0.0549. The Morgan fingerprint density at radius 3 is 2.30 bits per heavy atom. The third-order valence-corrected chi connectivity index (χ3v) is 7.46. The van der Waals surface area contributed by atoms with E-state index in [2.05, 4.69) is 10.3 Å². The summed E-state index contributed by atoms with van der Waals surface area (Å²) >= 11 is 5.96. The van der Waals surface area contributed by atoms with Crippen LogP contribution < -0.4 is 19.5 Å². The van der Waals surface area contributed by atoms with Gasteiger partial charge in [-0.25, -0.2) is 8.42 Å². The van der Waals surface area contributed by atoms with E-state index in [1.807, 2.05) is 25.1 Å². The van der Waals surface area contributed by atoms with Crippen molar-refractivity contribution < 1.29 is 27.0 Å². The number of nitrogens with zero attached hydrogens (tertiary/aromatic N) is 1. The lowest BCUT2D eigenvalue weighted by Crippen LogP contribution is -2.10. The zero-order valence-corrected chi connectivity index (χ0v) is 22.2. The minimum Gasteiger partial charge on any atom is -0.494 e. The Bertz CT molecular complexity index is 1450. The molecule has 0 atom stereocenters. The van der Waals surface area contributed by atoms with Crippen LogP contribution in [0, 0.1) is 0 Å². The highest BCUT2D eigenvalue weighted by atomic mass is 35.5. The number of sulfone groups is 1. The van der Waals surface area contributed by atoms with Crippen molar-refractivity contribution in [2.75, 3.05) is 32.7 Å². The first-order valence-electron chi connectivity index (χ1n) is 11.5. The number of hydrogen-bond acceptors (Lipinski definition) is 8. The first kappa shape index (κ1) is 26.4. The van der Waals surface area contributed by atoms with E-state index in [9.17, 15) is 8.42 Å². The molecule has 4 rings (SSSR count). The quantitative estimate of drug-likeness (QED) is 0.250. The summed E-state index contributed by atoms with van der Waals surface area (Å²) in [5.41, 5.74) is 1.59. The molecule has 1 aromatic heterocycles. The Labute approximate surface area is 221 Å². The number of methoxy groups -OCH3 is 2. The van der Waals surface area contributed by atoms with Crippen LogP contribution >= 0.6 is 11.6 Å². The van der Waals surface area contributed by atoms with Crippen molar-refractivity contribution in [2.24, 2.45) is 0 Å². The maximum Gasteiger partial charge on any atom is 0.233 e. The molecule has 0 aliphatic carbocycles. The molecule has 4 aromatic rings. The second-order valence-electron chi connectivity index (χ2n) is 7.93. The van der Waals surface area contributed by atoms with Crippen molar-refractivity contribution in [3.05, 3.63) is 77.3 Å². The molecule has 0 aliphatic rings. The van der Waals surface area contributed by atoms with Gasteiger partial charge < -0.3 is 23.9 Å². The normalized spacial score (nSPS) is 11.2. The molecule has 0 saturated heterocycles. The number of ether oxygens (including phenoxy) is 3. The van der Waals surface area contributed by atoms with E-state index < -0.39 is 9.84 Å². The van der Waals surface area contributed by atoms with Gasteiger partial charge in [0, 0.05) is 17.1 Å². The van der Waals surface area contributed by atoms with Crippen LogP contribution in [0.4, 0.5) is 5.88 Å². The summed E-state index contributed by atoms with van der Waals surface area (Å²) in [5, 5.41) is 3.34. The fraction of sp³-hybridized carbons (Fsp3) is 0.222. The number of benzene rings is 3. The Morgan fingerprint density at radius 2 is 1.65 bits per heavy atom. The number of oxazole rings is 1. The van der Waals surface area contributed by atoms with Crippen molar-refractivity contribution in [3.63, 3.8) is 0 Å². The molecule has 0 aliphatic heterocycles. The number of anilines is 1. The zero-order chi connectivity index (χ0) is 26.4. The molecule has 8 nitrogen and oxygen atoms in total. The molecule has 0 bridgehead atoms. The SMILES string of the molecule is CCOc1ccc(-c2nc(S(=O)(=O)c3ccc(Cl)cc3)c(NCCc3ccc(OC)c(OC)c3)o2)cc1. The summed E-state index contributed by atoms with van der Waals surface area (Å²) in [6.07, 6.45) is 0.569. The molecule has 1 heterocycles. The van der Waals surface area contributed by atoms with Gasteiger partial charge in [-0.05, 0) is 79.6 Å². The van der Waals surface area contributed by atoms with Crippen LogP contribution in [0.2, 0.25) is 5.02 Å². The molecule has 0 radical (unpaired) electrons. The molecule has 0 unspecified atom stereocenters. The maximum atomic E-state index is 13.5. The van der Waals surface area contributed by atoms with Gasteiger partial charge in [0.2, 0.25) is 26.6 Å². The number of nitrogens with one attached hydrogen (secondary N) is 1.